The van der Waals surface area contributed by atoms with E-state index in [1.54, 1.807) is 12.1 Å². The minimum Gasteiger partial charge on any atom is -0.507 e. The molecule has 5 rings (SSSR count). The van der Waals surface area contributed by atoms with E-state index in [1.807, 2.05) is 24.3 Å². The van der Waals surface area contributed by atoms with Crippen molar-refractivity contribution in [1.29, 1.82) is 0 Å². The Morgan fingerprint density at radius 1 is 1.06 bits per heavy atom. The first-order valence-electron chi connectivity index (χ1n) is 11.0. The second-order valence-electron chi connectivity index (χ2n) is 8.74. The SMILES string of the molecule is CC(=O)Nc1ccc(-c2cccc(-c3cccc(N4CC5CNC(C5)C4)c3)c2O)cc1F. The van der Waals surface area contributed by atoms with Gasteiger partial charge in [0.05, 0.1) is 5.69 Å². The van der Waals surface area contributed by atoms with Crippen LogP contribution >= 0.6 is 0 Å². The molecule has 6 heteroatoms. The highest BCUT2D eigenvalue weighted by Crippen LogP contribution is 2.40. The van der Waals surface area contributed by atoms with Gasteiger partial charge in [-0.1, -0.05) is 36.4 Å². The number of para-hydroxylation sites is 1. The van der Waals surface area contributed by atoms with Crippen LogP contribution in [0.3, 0.4) is 0 Å². The van der Waals surface area contributed by atoms with Crippen LogP contribution in [0.25, 0.3) is 22.3 Å². The number of anilines is 2. The second-order valence-corrected chi connectivity index (χ2v) is 8.74. The van der Waals surface area contributed by atoms with Gasteiger partial charge in [-0.05, 0) is 47.7 Å². The first-order valence-corrected chi connectivity index (χ1v) is 11.0. The van der Waals surface area contributed by atoms with Gasteiger partial charge >= 0.3 is 0 Å². The van der Waals surface area contributed by atoms with Gasteiger partial charge in [0.25, 0.3) is 0 Å². The van der Waals surface area contributed by atoms with Crippen molar-refractivity contribution in [2.24, 2.45) is 5.92 Å². The molecule has 5 nitrogen and oxygen atoms in total. The lowest BCUT2D eigenvalue weighted by Crippen LogP contribution is -2.41. The molecule has 3 aromatic rings. The number of nitrogens with one attached hydrogen (secondary N) is 2. The Morgan fingerprint density at radius 2 is 1.81 bits per heavy atom. The minimum absolute atomic E-state index is 0.108. The van der Waals surface area contributed by atoms with Crippen LogP contribution in [0.4, 0.5) is 15.8 Å². The zero-order valence-electron chi connectivity index (χ0n) is 17.9. The van der Waals surface area contributed by atoms with Crippen LogP contribution in [0.1, 0.15) is 13.3 Å². The summed E-state index contributed by atoms with van der Waals surface area (Å²) in [4.78, 5) is 13.6. The van der Waals surface area contributed by atoms with Gasteiger partial charge < -0.3 is 20.6 Å². The molecule has 2 unspecified atom stereocenters. The molecule has 2 bridgehead atoms. The highest BCUT2D eigenvalue weighted by atomic mass is 19.1. The quantitative estimate of drug-likeness (QED) is 0.564. The summed E-state index contributed by atoms with van der Waals surface area (Å²) in [6.07, 6.45) is 1.25. The van der Waals surface area contributed by atoms with E-state index in [-0.39, 0.29) is 17.3 Å². The van der Waals surface area contributed by atoms with Crippen molar-refractivity contribution in [3.05, 3.63) is 66.5 Å². The monoisotopic (exact) mass is 431 g/mol. The van der Waals surface area contributed by atoms with Gasteiger partial charge in [-0.2, -0.15) is 0 Å². The summed E-state index contributed by atoms with van der Waals surface area (Å²) in [5, 5.41) is 17.1. The van der Waals surface area contributed by atoms with Crippen molar-refractivity contribution in [2.75, 3.05) is 29.9 Å². The molecule has 2 aliphatic heterocycles. The van der Waals surface area contributed by atoms with Gasteiger partial charge in [-0.3, -0.25) is 4.79 Å². The van der Waals surface area contributed by atoms with Gasteiger partial charge in [0, 0.05) is 49.4 Å². The maximum atomic E-state index is 14.5. The van der Waals surface area contributed by atoms with Gasteiger partial charge in [-0.25, -0.2) is 4.39 Å². The molecule has 3 N–H and O–H groups in total. The van der Waals surface area contributed by atoms with Gasteiger partial charge in [0.2, 0.25) is 5.91 Å². The molecule has 0 radical (unpaired) electrons. The summed E-state index contributed by atoms with van der Waals surface area (Å²) in [5.74, 6) is -0.0853. The van der Waals surface area contributed by atoms with Gasteiger partial charge in [0.1, 0.15) is 11.6 Å². The summed E-state index contributed by atoms with van der Waals surface area (Å²) >= 11 is 0. The van der Waals surface area contributed by atoms with E-state index in [0.717, 1.165) is 30.9 Å². The van der Waals surface area contributed by atoms with Crippen molar-refractivity contribution in [1.82, 2.24) is 5.32 Å². The number of rotatable bonds is 4. The molecule has 3 aromatic carbocycles. The molecule has 2 heterocycles. The Kier molecular flexibility index (Phi) is 5.31. The summed E-state index contributed by atoms with van der Waals surface area (Å²) < 4.78 is 14.5. The van der Waals surface area contributed by atoms with Crippen molar-refractivity contribution < 1.29 is 14.3 Å². The summed E-state index contributed by atoms with van der Waals surface area (Å²) in [7, 11) is 0. The molecule has 2 saturated heterocycles. The van der Waals surface area contributed by atoms with Crippen LogP contribution in [0.15, 0.2) is 60.7 Å². The highest BCUT2D eigenvalue weighted by molar-refractivity contribution is 5.89. The van der Waals surface area contributed by atoms with Gasteiger partial charge in [-0.15, -0.1) is 0 Å². The molecule has 1 amide bonds. The summed E-state index contributed by atoms with van der Waals surface area (Å²) in [6, 6.07) is 18.8. The third-order valence-corrected chi connectivity index (χ3v) is 6.38. The van der Waals surface area contributed by atoms with E-state index < -0.39 is 5.82 Å². The normalized spacial score (nSPS) is 19.8. The van der Waals surface area contributed by atoms with Crippen molar-refractivity contribution >= 4 is 17.3 Å². The number of halogens is 1. The fourth-order valence-electron chi connectivity index (χ4n) is 4.90. The lowest BCUT2D eigenvalue weighted by atomic mass is 9.96. The van der Waals surface area contributed by atoms with E-state index in [9.17, 15) is 14.3 Å². The molecular formula is C26H26FN3O2. The zero-order chi connectivity index (χ0) is 22.2. The third kappa shape index (κ3) is 3.94. The second kappa shape index (κ2) is 8.28. The lowest BCUT2D eigenvalue weighted by molar-refractivity contribution is -0.114. The molecule has 0 saturated carbocycles. The van der Waals surface area contributed by atoms with E-state index in [2.05, 4.69) is 27.7 Å². The van der Waals surface area contributed by atoms with Crippen LogP contribution in [-0.4, -0.2) is 36.7 Å². The fourth-order valence-corrected chi connectivity index (χ4v) is 4.90. The van der Waals surface area contributed by atoms with Crippen LogP contribution < -0.4 is 15.5 Å². The average Bonchev–Trinajstić information content (AvgIpc) is 3.12. The number of hydrogen-bond acceptors (Lipinski definition) is 4. The minimum atomic E-state index is -0.544. The fraction of sp³-hybridized carbons (Fsp3) is 0.269. The Hall–Kier alpha value is -3.38. The molecule has 32 heavy (non-hydrogen) atoms. The Labute approximate surface area is 186 Å². The smallest absolute Gasteiger partial charge is 0.221 e. The number of amides is 1. The molecule has 2 atom stereocenters. The molecule has 0 spiro atoms. The predicted molar refractivity (Wildman–Crippen MR) is 125 cm³/mol. The Bertz CT molecular complexity index is 1170. The number of carbonyl (C=O) groups excluding carboxylic acids is 1. The maximum absolute atomic E-state index is 14.5. The number of phenols is 1. The van der Waals surface area contributed by atoms with E-state index in [4.69, 9.17) is 0 Å². The lowest BCUT2D eigenvalue weighted by Gasteiger charge is -2.33. The average molecular weight is 432 g/mol. The molecule has 2 aliphatic rings. The standard InChI is InChI=1S/C26H26FN3O2/c1-16(31)29-25-9-8-19(12-24(25)27)23-7-3-6-22(26(23)32)18-4-2-5-21(11-18)30-14-17-10-20(15-30)28-13-17/h2-9,11-12,17,20,28,32H,10,13-15H2,1H3,(H,29,31). The number of piperidine rings is 1. The molecule has 164 valence electrons. The summed E-state index contributed by atoms with van der Waals surface area (Å²) in [5.41, 5.74) is 3.98. The van der Waals surface area contributed by atoms with Crippen LogP contribution in [0, 0.1) is 11.7 Å². The number of benzene rings is 3. The molecule has 0 aromatic heterocycles. The van der Waals surface area contributed by atoms with Gasteiger partial charge in [0.15, 0.2) is 0 Å². The Balaban J connectivity index is 1.47. The summed E-state index contributed by atoms with van der Waals surface area (Å²) in [6.45, 7) is 4.45. The number of phenolic OH excluding ortho intramolecular Hbond substituents is 1. The van der Waals surface area contributed by atoms with E-state index in [1.165, 1.54) is 25.5 Å². The van der Waals surface area contributed by atoms with Crippen LogP contribution in [-0.2, 0) is 4.79 Å². The third-order valence-electron chi connectivity index (χ3n) is 6.38. The number of fused-ring (bicyclic) bond motifs is 2. The number of nitrogens with zero attached hydrogens (tertiary/aromatic N) is 1. The molecular weight excluding hydrogens is 405 g/mol. The highest BCUT2D eigenvalue weighted by Gasteiger charge is 2.32. The number of aromatic hydroxyl groups is 1. The molecule has 0 aliphatic carbocycles. The number of hydrogen-bond donors (Lipinski definition) is 3. The Morgan fingerprint density at radius 3 is 2.53 bits per heavy atom. The zero-order valence-corrected chi connectivity index (χ0v) is 17.9. The predicted octanol–water partition coefficient (Wildman–Crippen LogP) is 4.62. The van der Waals surface area contributed by atoms with Crippen molar-refractivity contribution in [3.8, 4) is 28.0 Å². The first kappa shape index (κ1) is 20.5. The van der Waals surface area contributed by atoms with Crippen molar-refractivity contribution in [2.45, 2.75) is 19.4 Å². The largest absolute Gasteiger partial charge is 0.507 e. The van der Waals surface area contributed by atoms with Crippen LogP contribution in [0.2, 0.25) is 0 Å². The number of carbonyl (C=O) groups is 1. The molecule has 2 fully saturated rings. The van der Waals surface area contributed by atoms with Crippen molar-refractivity contribution in [3.63, 3.8) is 0 Å². The maximum Gasteiger partial charge on any atom is 0.221 e. The topological polar surface area (TPSA) is 64.6 Å². The van der Waals surface area contributed by atoms with Crippen LogP contribution in [0.5, 0.6) is 5.75 Å². The first-order chi connectivity index (χ1) is 15.5. The van der Waals surface area contributed by atoms with E-state index in [0.29, 0.717) is 28.7 Å². The van der Waals surface area contributed by atoms with E-state index >= 15 is 0 Å².